The maximum atomic E-state index is 5.28. The molecular weight excluding hydrogens is 328 g/mol. The molecule has 0 bridgehead atoms. The Hall–Kier alpha value is -3.02. The van der Waals surface area contributed by atoms with Crippen LogP contribution in [0.25, 0.3) is 11.4 Å². The third-order valence-corrected chi connectivity index (χ3v) is 4.14. The Morgan fingerprint density at radius 2 is 1.96 bits per heavy atom. The molecule has 1 N–H and O–H groups in total. The molecule has 3 aromatic rings. The van der Waals surface area contributed by atoms with Gasteiger partial charge in [0.15, 0.2) is 0 Å². The summed E-state index contributed by atoms with van der Waals surface area (Å²) in [5.74, 6) is 1.31. The van der Waals surface area contributed by atoms with Crippen LogP contribution in [-0.4, -0.2) is 36.9 Å². The van der Waals surface area contributed by atoms with Crippen LogP contribution in [-0.2, 0) is 0 Å². The lowest BCUT2D eigenvalue weighted by Crippen LogP contribution is -2.25. The lowest BCUT2D eigenvalue weighted by Gasteiger charge is -2.22. The van der Waals surface area contributed by atoms with Crippen molar-refractivity contribution in [3.8, 4) is 17.1 Å². The van der Waals surface area contributed by atoms with Crippen LogP contribution in [0.15, 0.2) is 59.1 Å². The van der Waals surface area contributed by atoms with Gasteiger partial charge in [-0.25, -0.2) is 0 Å². The van der Waals surface area contributed by atoms with E-state index in [9.17, 15) is 0 Å². The summed E-state index contributed by atoms with van der Waals surface area (Å²) in [6.07, 6.45) is 0.972. The number of para-hydroxylation sites is 1. The summed E-state index contributed by atoms with van der Waals surface area (Å²) < 4.78 is 10.5. The van der Waals surface area contributed by atoms with Crippen LogP contribution >= 0.6 is 0 Å². The van der Waals surface area contributed by atoms with E-state index in [1.807, 2.05) is 30.3 Å². The first-order chi connectivity index (χ1) is 12.8. The average molecular weight is 352 g/mol. The van der Waals surface area contributed by atoms with E-state index in [0.29, 0.717) is 11.8 Å². The van der Waals surface area contributed by atoms with Gasteiger partial charge in [0.1, 0.15) is 5.75 Å². The Bertz CT molecular complexity index is 804. The summed E-state index contributed by atoms with van der Waals surface area (Å²) >= 11 is 0. The molecule has 0 aliphatic heterocycles. The summed E-state index contributed by atoms with van der Waals surface area (Å²) in [6.45, 7) is 4.87. The Balaban J connectivity index is 1.50. The topological polar surface area (TPSA) is 63.4 Å². The van der Waals surface area contributed by atoms with E-state index in [-0.39, 0.29) is 0 Å². The van der Waals surface area contributed by atoms with Crippen LogP contribution in [0.3, 0.4) is 0 Å². The van der Waals surface area contributed by atoms with Gasteiger partial charge in [-0.1, -0.05) is 35.5 Å². The fraction of sp³-hybridized carbons (Fsp3) is 0.300. The molecular formula is C20H24N4O2. The molecule has 1 heterocycles. The van der Waals surface area contributed by atoms with E-state index in [0.717, 1.165) is 37.4 Å². The van der Waals surface area contributed by atoms with E-state index in [1.165, 1.54) is 5.69 Å². The minimum atomic E-state index is 0.436. The highest BCUT2D eigenvalue weighted by Crippen LogP contribution is 2.22. The maximum absolute atomic E-state index is 5.28. The zero-order valence-electron chi connectivity index (χ0n) is 15.2. The van der Waals surface area contributed by atoms with Crippen LogP contribution in [0.4, 0.5) is 11.7 Å². The van der Waals surface area contributed by atoms with Crippen molar-refractivity contribution in [3.05, 3.63) is 54.6 Å². The van der Waals surface area contributed by atoms with Crippen molar-refractivity contribution >= 4 is 11.7 Å². The highest BCUT2D eigenvalue weighted by atomic mass is 16.5. The van der Waals surface area contributed by atoms with Crippen molar-refractivity contribution in [2.75, 3.05) is 37.0 Å². The van der Waals surface area contributed by atoms with Gasteiger partial charge in [0.2, 0.25) is 5.82 Å². The lowest BCUT2D eigenvalue weighted by atomic mass is 10.2. The SMILES string of the molecule is CCN(CCCNc1nc(-c2cccc(OC)c2)no1)c1ccccc1. The normalized spacial score (nSPS) is 10.5. The minimum Gasteiger partial charge on any atom is -0.497 e. The number of anilines is 2. The number of methoxy groups -OCH3 is 1. The van der Waals surface area contributed by atoms with E-state index >= 15 is 0 Å². The summed E-state index contributed by atoms with van der Waals surface area (Å²) in [5, 5.41) is 7.22. The molecule has 0 aliphatic rings. The summed E-state index contributed by atoms with van der Waals surface area (Å²) in [7, 11) is 1.64. The highest BCUT2D eigenvalue weighted by Gasteiger charge is 2.09. The van der Waals surface area contributed by atoms with Gasteiger partial charge in [0.25, 0.3) is 0 Å². The van der Waals surface area contributed by atoms with Gasteiger partial charge in [0.05, 0.1) is 7.11 Å². The first-order valence-corrected chi connectivity index (χ1v) is 8.82. The third kappa shape index (κ3) is 4.53. The van der Waals surface area contributed by atoms with Crippen LogP contribution in [0.1, 0.15) is 13.3 Å². The first kappa shape index (κ1) is 17.8. The van der Waals surface area contributed by atoms with E-state index in [1.54, 1.807) is 7.11 Å². The number of aromatic nitrogens is 2. The molecule has 0 amide bonds. The zero-order chi connectivity index (χ0) is 18.2. The summed E-state index contributed by atoms with van der Waals surface area (Å²) in [4.78, 5) is 6.74. The predicted octanol–water partition coefficient (Wildman–Crippen LogP) is 4.07. The molecule has 0 fully saturated rings. The highest BCUT2D eigenvalue weighted by molar-refractivity contribution is 5.57. The molecule has 0 unspecified atom stereocenters. The molecule has 26 heavy (non-hydrogen) atoms. The van der Waals surface area contributed by atoms with Gasteiger partial charge in [-0.2, -0.15) is 4.98 Å². The monoisotopic (exact) mass is 352 g/mol. The van der Waals surface area contributed by atoms with Crippen molar-refractivity contribution in [2.45, 2.75) is 13.3 Å². The number of ether oxygens (including phenoxy) is 1. The van der Waals surface area contributed by atoms with Gasteiger partial charge in [0, 0.05) is 30.9 Å². The molecule has 0 spiro atoms. The van der Waals surface area contributed by atoms with E-state index in [4.69, 9.17) is 9.26 Å². The van der Waals surface area contributed by atoms with Crippen LogP contribution in [0.2, 0.25) is 0 Å². The molecule has 6 nitrogen and oxygen atoms in total. The van der Waals surface area contributed by atoms with Gasteiger partial charge in [-0.05, 0) is 37.6 Å². The fourth-order valence-electron chi connectivity index (χ4n) is 2.75. The quantitative estimate of drug-likeness (QED) is 0.586. The van der Waals surface area contributed by atoms with Gasteiger partial charge < -0.3 is 19.5 Å². The molecule has 136 valence electrons. The molecule has 0 radical (unpaired) electrons. The number of nitrogens with zero attached hydrogens (tertiary/aromatic N) is 3. The second-order valence-corrected chi connectivity index (χ2v) is 5.85. The van der Waals surface area contributed by atoms with Crippen molar-refractivity contribution in [2.24, 2.45) is 0 Å². The minimum absolute atomic E-state index is 0.436. The number of rotatable bonds is 9. The summed E-state index contributed by atoms with van der Waals surface area (Å²) in [5.41, 5.74) is 2.11. The third-order valence-electron chi connectivity index (χ3n) is 4.14. The Labute approximate surface area is 153 Å². The Morgan fingerprint density at radius 3 is 2.73 bits per heavy atom. The average Bonchev–Trinajstić information content (AvgIpc) is 3.18. The second-order valence-electron chi connectivity index (χ2n) is 5.85. The largest absolute Gasteiger partial charge is 0.497 e. The molecule has 0 aliphatic carbocycles. The molecule has 0 saturated heterocycles. The molecule has 2 aromatic carbocycles. The van der Waals surface area contributed by atoms with E-state index in [2.05, 4.69) is 51.5 Å². The molecule has 0 saturated carbocycles. The Morgan fingerprint density at radius 1 is 1.12 bits per heavy atom. The first-order valence-electron chi connectivity index (χ1n) is 8.82. The van der Waals surface area contributed by atoms with Crippen LogP contribution in [0.5, 0.6) is 5.75 Å². The van der Waals surface area contributed by atoms with Gasteiger partial charge in [-0.15, -0.1) is 0 Å². The number of benzene rings is 2. The van der Waals surface area contributed by atoms with Crippen molar-refractivity contribution < 1.29 is 9.26 Å². The number of nitrogens with one attached hydrogen (secondary N) is 1. The molecule has 1 aromatic heterocycles. The molecule has 3 rings (SSSR count). The van der Waals surface area contributed by atoms with Crippen molar-refractivity contribution in [3.63, 3.8) is 0 Å². The summed E-state index contributed by atoms with van der Waals surface area (Å²) in [6, 6.07) is 18.5. The number of hydrogen-bond acceptors (Lipinski definition) is 6. The standard InChI is InChI=1S/C20H24N4O2/c1-3-24(17-10-5-4-6-11-17)14-8-13-21-20-22-19(23-26-20)16-9-7-12-18(15-16)25-2/h4-7,9-12,15H,3,8,13-14H2,1-2H3,(H,21,22,23). The second kappa shape index (κ2) is 8.89. The molecule has 6 heteroatoms. The smallest absolute Gasteiger partial charge is 0.321 e. The zero-order valence-corrected chi connectivity index (χ0v) is 15.2. The van der Waals surface area contributed by atoms with Crippen molar-refractivity contribution in [1.29, 1.82) is 0 Å². The predicted molar refractivity (Wildman–Crippen MR) is 104 cm³/mol. The fourth-order valence-corrected chi connectivity index (χ4v) is 2.75. The lowest BCUT2D eigenvalue weighted by molar-refractivity contribution is 0.414. The maximum Gasteiger partial charge on any atom is 0.321 e. The van der Waals surface area contributed by atoms with Crippen molar-refractivity contribution in [1.82, 2.24) is 10.1 Å². The van der Waals surface area contributed by atoms with Crippen LogP contribution < -0.4 is 15.0 Å². The van der Waals surface area contributed by atoms with Gasteiger partial charge in [-0.3, -0.25) is 0 Å². The van der Waals surface area contributed by atoms with Gasteiger partial charge >= 0.3 is 6.01 Å². The number of hydrogen-bond donors (Lipinski definition) is 1. The Kier molecular flexibility index (Phi) is 6.09. The van der Waals surface area contributed by atoms with Crippen LogP contribution in [0, 0.1) is 0 Å². The molecule has 0 atom stereocenters. The van der Waals surface area contributed by atoms with E-state index < -0.39 is 0 Å².